The molecule has 0 spiro atoms. The molecule has 0 aliphatic rings. The summed E-state index contributed by atoms with van der Waals surface area (Å²) < 4.78 is 25.2. The quantitative estimate of drug-likeness (QED) is 0.536. The van der Waals surface area contributed by atoms with Gasteiger partial charge in [0.15, 0.2) is 0 Å². The molecule has 1 aromatic rings. The molecule has 0 atom stereocenters. The summed E-state index contributed by atoms with van der Waals surface area (Å²) in [5.74, 6) is 0. The van der Waals surface area contributed by atoms with Crippen molar-refractivity contribution in [2.24, 2.45) is 5.14 Å². The fourth-order valence-corrected chi connectivity index (χ4v) is 0.313. The smallest absolute Gasteiger partial charge is 0.274 e. The summed E-state index contributed by atoms with van der Waals surface area (Å²) in [6, 6.07) is 5.72. The zero-order valence-corrected chi connectivity index (χ0v) is 6.40. The topological polar surface area (TPSA) is 93.3 Å². The molecule has 62 valence electrons. The zero-order valence-electron chi connectivity index (χ0n) is 5.58. The molecule has 1 rings (SSSR count). The summed E-state index contributed by atoms with van der Waals surface area (Å²) >= 11 is 0. The Hall–Kier alpha value is -0.980. The van der Waals surface area contributed by atoms with E-state index in [0.29, 0.717) is 0 Å². The summed E-state index contributed by atoms with van der Waals surface area (Å²) in [6.07, 6.45) is 3.50. The fraction of sp³-hybridized carbons (Fsp3) is 0. The molecule has 3 N–H and O–H groups in total. The van der Waals surface area contributed by atoms with Crippen molar-refractivity contribution in [1.82, 2.24) is 4.98 Å². The van der Waals surface area contributed by atoms with E-state index >= 15 is 0 Å². The van der Waals surface area contributed by atoms with Crippen LogP contribution in [0.4, 0.5) is 0 Å². The average molecular weight is 176 g/mol. The van der Waals surface area contributed by atoms with Crippen LogP contribution in [0.5, 0.6) is 0 Å². The van der Waals surface area contributed by atoms with Gasteiger partial charge in [0.2, 0.25) is 0 Å². The highest BCUT2D eigenvalue weighted by molar-refractivity contribution is 7.83. The van der Waals surface area contributed by atoms with E-state index in [1.807, 2.05) is 18.2 Å². The molecule has 0 radical (unpaired) electrons. The Labute approximate surface area is 64.8 Å². The predicted octanol–water partition coefficient (Wildman–Crippen LogP) is -0.171. The first kappa shape index (κ1) is 10.0. The number of rotatable bonds is 0. The van der Waals surface area contributed by atoms with Gasteiger partial charge in [-0.1, -0.05) is 6.07 Å². The first-order chi connectivity index (χ1) is 5.00. The van der Waals surface area contributed by atoms with Gasteiger partial charge < -0.3 is 0 Å². The minimum Gasteiger partial charge on any atom is -0.274 e. The summed E-state index contributed by atoms with van der Waals surface area (Å²) in [5, 5.41) is 3.88. The normalized spacial score (nSPS) is 9.64. The molecule has 1 heterocycles. The van der Waals surface area contributed by atoms with E-state index in [1.165, 1.54) is 0 Å². The minimum absolute atomic E-state index is 1.75. The van der Waals surface area contributed by atoms with Crippen molar-refractivity contribution in [2.75, 3.05) is 0 Å². The highest BCUT2D eigenvalue weighted by Crippen LogP contribution is 1.73. The van der Waals surface area contributed by atoms with Crippen LogP contribution in [0.1, 0.15) is 0 Å². The van der Waals surface area contributed by atoms with Gasteiger partial charge >= 0.3 is 10.3 Å². The molecule has 0 aliphatic carbocycles. The Balaban J connectivity index is 0.000000187. The molecular formula is C5H8N2O3S. The number of nitrogens with zero attached hydrogens (tertiary/aromatic N) is 1. The lowest BCUT2D eigenvalue weighted by molar-refractivity contribution is 0.485. The molecule has 6 heteroatoms. The van der Waals surface area contributed by atoms with Crippen LogP contribution in [-0.4, -0.2) is 18.0 Å². The van der Waals surface area contributed by atoms with Gasteiger partial charge in [-0.05, 0) is 12.1 Å². The first-order valence-electron chi connectivity index (χ1n) is 2.60. The second kappa shape index (κ2) is 4.78. The Bertz CT molecular complexity index is 236. The van der Waals surface area contributed by atoms with Crippen LogP contribution in [-0.2, 0) is 10.3 Å². The van der Waals surface area contributed by atoms with Crippen molar-refractivity contribution in [3.63, 3.8) is 0 Å². The Morgan fingerprint density at radius 2 is 1.55 bits per heavy atom. The molecule has 0 bridgehead atoms. The van der Waals surface area contributed by atoms with E-state index in [9.17, 15) is 0 Å². The second-order valence-electron chi connectivity index (χ2n) is 1.54. The Morgan fingerprint density at radius 1 is 1.18 bits per heavy atom. The van der Waals surface area contributed by atoms with Crippen molar-refractivity contribution >= 4 is 10.3 Å². The molecule has 0 amide bonds. The number of aromatic nitrogens is 1. The third-order valence-corrected chi connectivity index (χ3v) is 0.566. The lowest BCUT2D eigenvalue weighted by atomic mass is 10.5. The predicted molar refractivity (Wildman–Crippen MR) is 40.0 cm³/mol. The zero-order chi connectivity index (χ0) is 8.74. The minimum atomic E-state index is -4.17. The summed E-state index contributed by atoms with van der Waals surface area (Å²) in [4.78, 5) is 3.78. The molecule has 0 fully saturated rings. The lowest BCUT2D eigenvalue weighted by Gasteiger charge is -1.70. The van der Waals surface area contributed by atoms with Crippen LogP contribution < -0.4 is 5.14 Å². The van der Waals surface area contributed by atoms with E-state index < -0.39 is 10.3 Å². The standard InChI is InChI=1S/C5H5N.H3NO3S/c1-2-4-6-5-3-1;1-5(2,3)4/h1-5H;(H3,1,2,3,4). The molecule has 0 aliphatic heterocycles. The van der Waals surface area contributed by atoms with Crippen molar-refractivity contribution in [2.45, 2.75) is 0 Å². The van der Waals surface area contributed by atoms with Gasteiger partial charge in [-0.3, -0.25) is 9.54 Å². The first-order valence-corrected chi connectivity index (χ1v) is 4.10. The molecular weight excluding hydrogens is 168 g/mol. The number of nitrogens with two attached hydrogens (primary N) is 1. The van der Waals surface area contributed by atoms with Gasteiger partial charge in [-0.25, -0.2) is 5.14 Å². The van der Waals surface area contributed by atoms with E-state index in [0.717, 1.165) is 0 Å². The van der Waals surface area contributed by atoms with Gasteiger partial charge in [0, 0.05) is 12.4 Å². The SMILES string of the molecule is NS(=O)(=O)O.c1ccncc1. The van der Waals surface area contributed by atoms with Crippen molar-refractivity contribution in [1.29, 1.82) is 0 Å². The van der Waals surface area contributed by atoms with Crippen molar-refractivity contribution in [3.8, 4) is 0 Å². The molecule has 0 aromatic carbocycles. The van der Waals surface area contributed by atoms with E-state index in [4.69, 9.17) is 13.0 Å². The Kier molecular flexibility index (Phi) is 4.35. The van der Waals surface area contributed by atoms with Crippen LogP contribution in [0.15, 0.2) is 30.6 Å². The van der Waals surface area contributed by atoms with E-state index in [2.05, 4.69) is 10.1 Å². The molecule has 5 nitrogen and oxygen atoms in total. The van der Waals surface area contributed by atoms with Crippen LogP contribution in [0.2, 0.25) is 0 Å². The van der Waals surface area contributed by atoms with E-state index in [1.54, 1.807) is 12.4 Å². The Morgan fingerprint density at radius 3 is 1.64 bits per heavy atom. The van der Waals surface area contributed by atoms with Crippen molar-refractivity contribution in [3.05, 3.63) is 30.6 Å². The van der Waals surface area contributed by atoms with E-state index in [-0.39, 0.29) is 0 Å². The summed E-state index contributed by atoms with van der Waals surface area (Å²) in [5.41, 5.74) is 0. The van der Waals surface area contributed by atoms with Gasteiger partial charge in [0.1, 0.15) is 0 Å². The number of hydrogen-bond donors (Lipinski definition) is 2. The van der Waals surface area contributed by atoms with Gasteiger partial charge in [0.05, 0.1) is 0 Å². The molecule has 0 unspecified atom stereocenters. The van der Waals surface area contributed by atoms with Crippen LogP contribution in [0.3, 0.4) is 0 Å². The van der Waals surface area contributed by atoms with Gasteiger partial charge in [0.25, 0.3) is 0 Å². The molecule has 1 aromatic heterocycles. The maximum Gasteiger partial charge on any atom is 0.330 e. The van der Waals surface area contributed by atoms with Crippen molar-refractivity contribution < 1.29 is 13.0 Å². The van der Waals surface area contributed by atoms with Gasteiger partial charge in [-0.2, -0.15) is 8.42 Å². The third kappa shape index (κ3) is 17.6. The largest absolute Gasteiger partial charge is 0.330 e. The summed E-state index contributed by atoms with van der Waals surface area (Å²) in [6.45, 7) is 0. The monoisotopic (exact) mass is 176 g/mol. The third-order valence-electron chi connectivity index (χ3n) is 0.566. The molecule has 0 saturated carbocycles. The maximum absolute atomic E-state index is 8.97. The summed E-state index contributed by atoms with van der Waals surface area (Å²) in [7, 11) is -4.17. The van der Waals surface area contributed by atoms with Crippen LogP contribution in [0.25, 0.3) is 0 Å². The van der Waals surface area contributed by atoms with Crippen LogP contribution >= 0.6 is 0 Å². The molecule has 11 heavy (non-hydrogen) atoms. The number of hydrogen-bond acceptors (Lipinski definition) is 3. The average Bonchev–Trinajstić information content (AvgIpc) is 1.88. The van der Waals surface area contributed by atoms with Crippen LogP contribution in [0, 0.1) is 0 Å². The second-order valence-corrected chi connectivity index (χ2v) is 2.57. The fourth-order valence-electron chi connectivity index (χ4n) is 0.313. The number of pyridine rings is 1. The lowest BCUT2D eigenvalue weighted by Crippen LogP contribution is -2.08. The maximum atomic E-state index is 8.97. The van der Waals surface area contributed by atoms with Gasteiger partial charge in [-0.15, -0.1) is 0 Å². The molecule has 0 saturated heterocycles. The highest BCUT2D eigenvalue weighted by Gasteiger charge is 1.81. The highest BCUT2D eigenvalue weighted by atomic mass is 32.2.